The van der Waals surface area contributed by atoms with Crippen LogP contribution in [-0.2, 0) is 16.0 Å². The van der Waals surface area contributed by atoms with Crippen LogP contribution in [0.1, 0.15) is 16.5 Å². The molecule has 116 valence electrons. The van der Waals surface area contributed by atoms with E-state index in [1.54, 1.807) is 0 Å². The van der Waals surface area contributed by atoms with Gasteiger partial charge in [0.15, 0.2) is 0 Å². The molecule has 2 amide bonds. The Bertz CT molecular complexity index is 602. The fourth-order valence-corrected chi connectivity index (χ4v) is 2.85. The van der Waals surface area contributed by atoms with Gasteiger partial charge in [-0.15, -0.1) is 22.9 Å². The number of carbonyl (C=O) groups is 2. The summed E-state index contributed by atoms with van der Waals surface area (Å²) in [6, 6.07) is 12.9. The molecule has 22 heavy (non-hydrogen) atoms. The molecule has 1 heterocycles. The highest BCUT2D eigenvalue weighted by atomic mass is 35.5. The molecule has 1 atom stereocenters. The predicted octanol–water partition coefficient (Wildman–Crippen LogP) is 2.50. The normalized spacial score (nSPS) is 11.7. The summed E-state index contributed by atoms with van der Waals surface area (Å²) in [5.41, 5.74) is 1.15. The molecule has 0 aliphatic carbocycles. The van der Waals surface area contributed by atoms with Crippen molar-refractivity contribution < 1.29 is 9.59 Å². The standard InChI is InChI=1S/C16H17ClN2O2S/c17-11-14(20)19-15(13-7-4-10-22-13)16(21)18-9-8-12-5-2-1-3-6-12/h1-7,10,15H,8-9,11H2,(H,18,21)(H,19,20). The molecule has 2 rings (SSSR count). The van der Waals surface area contributed by atoms with Crippen molar-refractivity contribution in [2.45, 2.75) is 12.5 Å². The van der Waals surface area contributed by atoms with E-state index >= 15 is 0 Å². The van der Waals surface area contributed by atoms with E-state index in [9.17, 15) is 9.59 Å². The molecule has 0 spiro atoms. The van der Waals surface area contributed by atoms with Crippen LogP contribution in [0.15, 0.2) is 47.8 Å². The third kappa shape index (κ3) is 4.86. The highest BCUT2D eigenvalue weighted by Gasteiger charge is 2.22. The Kier molecular flexibility index (Phi) is 6.43. The highest BCUT2D eigenvalue weighted by Crippen LogP contribution is 2.19. The third-order valence-electron chi connectivity index (χ3n) is 3.07. The molecule has 2 N–H and O–H groups in total. The van der Waals surface area contributed by atoms with E-state index in [0.717, 1.165) is 16.9 Å². The van der Waals surface area contributed by atoms with Crippen LogP contribution < -0.4 is 10.6 Å². The Morgan fingerprint density at radius 3 is 2.55 bits per heavy atom. The first-order valence-corrected chi connectivity index (χ1v) is 8.32. The van der Waals surface area contributed by atoms with Gasteiger partial charge in [0.05, 0.1) is 0 Å². The molecule has 1 aromatic carbocycles. The zero-order valence-electron chi connectivity index (χ0n) is 11.9. The van der Waals surface area contributed by atoms with Crippen LogP contribution in [0.5, 0.6) is 0 Å². The lowest BCUT2D eigenvalue weighted by Gasteiger charge is -2.16. The van der Waals surface area contributed by atoms with Gasteiger partial charge in [0.25, 0.3) is 0 Å². The molecule has 0 saturated carbocycles. The number of hydrogen-bond acceptors (Lipinski definition) is 3. The summed E-state index contributed by atoms with van der Waals surface area (Å²) >= 11 is 6.93. The van der Waals surface area contributed by atoms with Crippen LogP contribution in [0.2, 0.25) is 0 Å². The maximum atomic E-state index is 12.3. The van der Waals surface area contributed by atoms with Gasteiger partial charge in [-0.3, -0.25) is 9.59 Å². The van der Waals surface area contributed by atoms with Crippen LogP contribution in [0, 0.1) is 0 Å². The monoisotopic (exact) mass is 336 g/mol. The second-order valence-electron chi connectivity index (χ2n) is 4.68. The fourth-order valence-electron chi connectivity index (χ4n) is 2.00. The van der Waals surface area contributed by atoms with Gasteiger partial charge in [0.1, 0.15) is 11.9 Å². The molecule has 0 radical (unpaired) electrons. The number of rotatable bonds is 7. The van der Waals surface area contributed by atoms with Crippen molar-refractivity contribution in [1.29, 1.82) is 0 Å². The summed E-state index contributed by atoms with van der Waals surface area (Å²) in [4.78, 5) is 24.6. The number of alkyl halides is 1. The third-order valence-corrected chi connectivity index (χ3v) is 4.25. The van der Waals surface area contributed by atoms with Crippen LogP contribution in [0.4, 0.5) is 0 Å². The topological polar surface area (TPSA) is 58.2 Å². The van der Waals surface area contributed by atoms with Crippen LogP contribution >= 0.6 is 22.9 Å². The molecule has 1 unspecified atom stereocenters. The van der Waals surface area contributed by atoms with E-state index < -0.39 is 6.04 Å². The van der Waals surface area contributed by atoms with E-state index in [1.165, 1.54) is 11.3 Å². The van der Waals surface area contributed by atoms with Gasteiger partial charge in [-0.1, -0.05) is 36.4 Å². The Morgan fingerprint density at radius 1 is 1.14 bits per heavy atom. The first kappa shape index (κ1) is 16.5. The minimum Gasteiger partial charge on any atom is -0.354 e. The molecule has 0 fully saturated rings. The molecule has 6 heteroatoms. The molecule has 0 aliphatic rings. The van der Waals surface area contributed by atoms with Crippen molar-refractivity contribution in [1.82, 2.24) is 10.6 Å². The van der Waals surface area contributed by atoms with E-state index in [4.69, 9.17) is 11.6 Å². The van der Waals surface area contributed by atoms with Crippen LogP contribution in [0.25, 0.3) is 0 Å². The molecular formula is C16H17ClN2O2S. The summed E-state index contributed by atoms with van der Waals surface area (Å²) in [6.07, 6.45) is 0.743. The average molecular weight is 337 g/mol. The number of carbonyl (C=O) groups excluding carboxylic acids is 2. The number of amides is 2. The van der Waals surface area contributed by atoms with Crippen molar-refractivity contribution in [2.24, 2.45) is 0 Å². The van der Waals surface area contributed by atoms with E-state index in [1.807, 2.05) is 47.8 Å². The van der Waals surface area contributed by atoms with Gasteiger partial charge in [-0.25, -0.2) is 0 Å². The van der Waals surface area contributed by atoms with E-state index in [0.29, 0.717) is 6.54 Å². The lowest BCUT2D eigenvalue weighted by molar-refractivity contribution is -0.128. The maximum Gasteiger partial charge on any atom is 0.248 e. The summed E-state index contributed by atoms with van der Waals surface area (Å²) in [5, 5.41) is 7.37. The number of halogens is 1. The largest absolute Gasteiger partial charge is 0.354 e. The summed E-state index contributed by atoms with van der Waals surface area (Å²) < 4.78 is 0. The summed E-state index contributed by atoms with van der Waals surface area (Å²) in [5.74, 6) is -0.755. The Morgan fingerprint density at radius 2 is 1.91 bits per heavy atom. The van der Waals surface area contributed by atoms with Crippen molar-refractivity contribution in [3.63, 3.8) is 0 Å². The molecular weight excluding hydrogens is 320 g/mol. The Balaban J connectivity index is 1.92. The van der Waals surface area contributed by atoms with Crippen LogP contribution in [0.3, 0.4) is 0 Å². The quantitative estimate of drug-likeness (QED) is 0.763. The molecule has 1 aromatic heterocycles. The highest BCUT2D eigenvalue weighted by molar-refractivity contribution is 7.10. The second kappa shape index (κ2) is 8.56. The number of thiophene rings is 1. The van der Waals surface area contributed by atoms with Crippen LogP contribution in [-0.4, -0.2) is 24.2 Å². The smallest absolute Gasteiger partial charge is 0.248 e. The van der Waals surface area contributed by atoms with Gasteiger partial charge in [-0.2, -0.15) is 0 Å². The Hall–Kier alpha value is -1.85. The lowest BCUT2D eigenvalue weighted by atomic mass is 10.1. The second-order valence-corrected chi connectivity index (χ2v) is 5.92. The van der Waals surface area contributed by atoms with Gasteiger partial charge < -0.3 is 10.6 Å². The fraction of sp³-hybridized carbons (Fsp3) is 0.250. The number of nitrogens with one attached hydrogen (secondary N) is 2. The first-order chi connectivity index (χ1) is 10.7. The molecule has 0 aliphatic heterocycles. The Labute approximate surface area is 138 Å². The van der Waals surface area contributed by atoms with Crippen molar-refractivity contribution in [2.75, 3.05) is 12.4 Å². The number of hydrogen-bond donors (Lipinski definition) is 2. The van der Waals surface area contributed by atoms with Gasteiger partial charge in [0.2, 0.25) is 11.8 Å². The van der Waals surface area contributed by atoms with E-state index in [-0.39, 0.29) is 17.7 Å². The maximum absolute atomic E-state index is 12.3. The van der Waals surface area contributed by atoms with E-state index in [2.05, 4.69) is 10.6 Å². The molecule has 2 aromatic rings. The van der Waals surface area contributed by atoms with Crippen molar-refractivity contribution >= 4 is 34.8 Å². The minimum atomic E-state index is -0.693. The predicted molar refractivity (Wildman–Crippen MR) is 89.1 cm³/mol. The zero-order chi connectivity index (χ0) is 15.8. The SMILES string of the molecule is O=C(CCl)NC(C(=O)NCCc1ccccc1)c1cccs1. The summed E-state index contributed by atoms with van der Waals surface area (Å²) in [7, 11) is 0. The van der Waals surface area contributed by atoms with Crippen molar-refractivity contribution in [3.8, 4) is 0 Å². The minimum absolute atomic E-state index is 0.167. The first-order valence-electron chi connectivity index (χ1n) is 6.91. The van der Waals surface area contributed by atoms with Crippen molar-refractivity contribution in [3.05, 3.63) is 58.3 Å². The zero-order valence-corrected chi connectivity index (χ0v) is 13.5. The summed E-state index contributed by atoms with van der Waals surface area (Å²) in [6.45, 7) is 0.515. The average Bonchev–Trinajstić information content (AvgIpc) is 3.07. The number of benzene rings is 1. The molecule has 0 bridgehead atoms. The van der Waals surface area contributed by atoms with Gasteiger partial charge in [0, 0.05) is 11.4 Å². The lowest BCUT2D eigenvalue weighted by Crippen LogP contribution is -2.41. The molecule has 0 saturated heterocycles. The van der Waals surface area contributed by atoms with Gasteiger partial charge in [-0.05, 0) is 23.4 Å². The molecule has 4 nitrogen and oxygen atoms in total. The van der Waals surface area contributed by atoms with Gasteiger partial charge >= 0.3 is 0 Å².